The van der Waals surface area contributed by atoms with Crippen LogP contribution in [0.5, 0.6) is 0 Å². The smallest absolute Gasteiger partial charge is 0.256 e. The Balaban J connectivity index is 2.27. The summed E-state index contributed by atoms with van der Waals surface area (Å²) < 4.78 is 39.8. The highest BCUT2D eigenvalue weighted by Crippen LogP contribution is 2.23. The molecule has 0 unspecified atom stereocenters. The molecule has 7 heteroatoms. The molecule has 0 spiro atoms. The quantitative estimate of drug-likeness (QED) is 0.819. The fourth-order valence-electron chi connectivity index (χ4n) is 1.27. The fraction of sp³-hybridized carbons (Fsp3) is 0. The second kappa shape index (κ2) is 5.11. The van der Waals surface area contributed by atoms with Crippen molar-refractivity contribution in [3.05, 3.63) is 50.4 Å². The van der Waals surface area contributed by atoms with Gasteiger partial charge >= 0.3 is 0 Å². The Labute approximate surface area is 113 Å². The number of nitrogens with one attached hydrogen (secondary N) is 1. The van der Waals surface area contributed by atoms with Gasteiger partial charge < -0.3 is 5.32 Å². The molecule has 1 amide bonds. The first-order valence-corrected chi connectivity index (χ1v) is 6.34. The maximum Gasteiger partial charge on any atom is 0.256 e. The Morgan fingerprint density at radius 2 is 1.94 bits per heavy atom. The van der Waals surface area contributed by atoms with Crippen LogP contribution >= 0.6 is 27.3 Å². The first kappa shape index (κ1) is 13.1. The van der Waals surface area contributed by atoms with Gasteiger partial charge in [-0.15, -0.1) is 11.3 Å². The number of amides is 1. The lowest BCUT2D eigenvalue weighted by molar-refractivity contribution is 0.102. The minimum absolute atomic E-state index is 0.274. The number of hydrogen-bond donors (Lipinski definition) is 1. The average molecular weight is 336 g/mol. The Morgan fingerprint density at radius 3 is 2.56 bits per heavy atom. The molecule has 0 aliphatic carbocycles. The Hall–Kier alpha value is -1.34. The van der Waals surface area contributed by atoms with Crippen LogP contribution in [0.1, 0.15) is 10.4 Å². The summed E-state index contributed by atoms with van der Waals surface area (Å²) in [7, 11) is 0. The zero-order chi connectivity index (χ0) is 13.3. The van der Waals surface area contributed by atoms with E-state index < -0.39 is 29.0 Å². The van der Waals surface area contributed by atoms with E-state index in [1.807, 2.05) is 0 Å². The van der Waals surface area contributed by atoms with Crippen molar-refractivity contribution in [2.75, 3.05) is 5.32 Å². The van der Waals surface area contributed by atoms with Crippen molar-refractivity contribution in [2.45, 2.75) is 0 Å². The number of anilines is 1. The molecule has 1 aromatic heterocycles. The van der Waals surface area contributed by atoms with Gasteiger partial charge in [-0.3, -0.25) is 4.79 Å². The normalized spacial score (nSPS) is 10.4. The molecule has 2 aromatic rings. The maximum absolute atomic E-state index is 13.3. The number of halogens is 4. The monoisotopic (exact) mass is 335 g/mol. The lowest BCUT2D eigenvalue weighted by Crippen LogP contribution is -2.13. The molecule has 0 radical (unpaired) electrons. The molecule has 0 aliphatic heterocycles. The molecule has 0 saturated carbocycles. The van der Waals surface area contributed by atoms with Crippen LogP contribution in [0.25, 0.3) is 0 Å². The van der Waals surface area contributed by atoms with Crippen LogP contribution in [0, 0.1) is 17.5 Å². The number of thiophene rings is 1. The predicted octanol–water partition coefficient (Wildman–Crippen LogP) is 4.18. The van der Waals surface area contributed by atoms with Gasteiger partial charge in [0.25, 0.3) is 5.91 Å². The summed E-state index contributed by atoms with van der Waals surface area (Å²) in [6.45, 7) is 0. The third-order valence-corrected chi connectivity index (χ3v) is 3.58. The average Bonchev–Trinajstić information content (AvgIpc) is 2.72. The van der Waals surface area contributed by atoms with Gasteiger partial charge in [-0.1, -0.05) is 0 Å². The van der Waals surface area contributed by atoms with Crippen LogP contribution < -0.4 is 5.32 Å². The van der Waals surface area contributed by atoms with Crippen LogP contribution in [0.4, 0.5) is 18.9 Å². The summed E-state index contributed by atoms with van der Waals surface area (Å²) in [5.41, 5.74) is -0.254. The van der Waals surface area contributed by atoms with Gasteiger partial charge in [-0.05, 0) is 22.0 Å². The molecule has 94 valence electrons. The van der Waals surface area contributed by atoms with E-state index in [0.717, 1.165) is 9.85 Å². The van der Waals surface area contributed by atoms with Crippen LogP contribution in [0.3, 0.4) is 0 Å². The van der Waals surface area contributed by atoms with Crippen molar-refractivity contribution >= 4 is 38.9 Å². The minimum atomic E-state index is -1.35. The third-order valence-electron chi connectivity index (χ3n) is 2.07. The molecule has 1 aromatic carbocycles. The molecular formula is C11H5BrF3NOS. The molecule has 0 aliphatic rings. The molecule has 2 nitrogen and oxygen atoms in total. The molecule has 1 heterocycles. The van der Waals surface area contributed by atoms with Gasteiger partial charge in [-0.25, -0.2) is 13.2 Å². The number of hydrogen-bond acceptors (Lipinski definition) is 2. The van der Waals surface area contributed by atoms with E-state index in [1.165, 1.54) is 22.8 Å². The van der Waals surface area contributed by atoms with E-state index in [9.17, 15) is 18.0 Å². The van der Waals surface area contributed by atoms with E-state index in [0.29, 0.717) is 6.07 Å². The maximum atomic E-state index is 13.3. The first-order valence-electron chi connectivity index (χ1n) is 4.67. The first-order chi connectivity index (χ1) is 8.47. The Bertz CT molecular complexity index is 614. The number of rotatable bonds is 2. The lowest BCUT2D eigenvalue weighted by Gasteiger charge is -2.06. The predicted molar refractivity (Wildman–Crippen MR) is 66.3 cm³/mol. The number of carbonyl (C=O) groups is 1. The summed E-state index contributed by atoms with van der Waals surface area (Å²) in [5.74, 6) is -4.24. The molecule has 2 rings (SSSR count). The largest absolute Gasteiger partial charge is 0.319 e. The molecule has 0 saturated heterocycles. The highest BCUT2D eigenvalue weighted by atomic mass is 79.9. The van der Waals surface area contributed by atoms with Crippen LogP contribution in [0.2, 0.25) is 0 Å². The van der Waals surface area contributed by atoms with Gasteiger partial charge in [0.1, 0.15) is 5.82 Å². The van der Waals surface area contributed by atoms with Crippen LogP contribution in [0.15, 0.2) is 27.4 Å². The van der Waals surface area contributed by atoms with Crippen molar-refractivity contribution < 1.29 is 18.0 Å². The van der Waals surface area contributed by atoms with E-state index >= 15 is 0 Å². The SMILES string of the molecule is O=C(Nc1cc(F)cc(F)c1F)c1csc(Br)c1. The van der Waals surface area contributed by atoms with Crippen molar-refractivity contribution in [3.8, 4) is 0 Å². The Morgan fingerprint density at radius 1 is 1.22 bits per heavy atom. The van der Waals surface area contributed by atoms with E-state index in [-0.39, 0.29) is 5.56 Å². The van der Waals surface area contributed by atoms with E-state index in [4.69, 9.17) is 0 Å². The summed E-state index contributed by atoms with van der Waals surface area (Å²) >= 11 is 4.44. The van der Waals surface area contributed by atoms with E-state index in [2.05, 4.69) is 21.2 Å². The number of benzene rings is 1. The van der Waals surface area contributed by atoms with Crippen molar-refractivity contribution in [2.24, 2.45) is 0 Å². The molecular weight excluding hydrogens is 331 g/mol. The molecule has 1 N–H and O–H groups in total. The van der Waals surface area contributed by atoms with Gasteiger partial charge in [0.15, 0.2) is 11.6 Å². The molecule has 0 bridgehead atoms. The topological polar surface area (TPSA) is 29.1 Å². The summed E-state index contributed by atoms with van der Waals surface area (Å²) in [6.07, 6.45) is 0. The minimum Gasteiger partial charge on any atom is -0.319 e. The summed E-state index contributed by atoms with van der Waals surface area (Å²) in [6, 6.07) is 2.65. The lowest BCUT2D eigenvalue weighted by atomic mass is 10.2. The summed E-state index contributed by atoms with van der Waals surface area (Å²) in [4.78, 5) is 11.7. The third kappa shape index (κ3) is 2.73. The molecule has 18 heavy (non-hydrogen) atoms. The molecule has 0 atom stereocenters. The Kier molecular flexibility index (Phi) is 3.72. The highest BCUT2D eigenvalue weighted by molar-refractivity contribution is 9.11. The zero-order valence-electron chi connectivity index (χ0n) is 8.64. The van der Waals surface area contributed by atoms with Crippen molar-refractivity contribution in [1.82, 2.24) is 0 Å². The van der Waals surface area contributed by atoms with Gasteiger partial charge in [0.2, 0.25) is 0 Å². The van der Waals surface area contributed by atoms with Gasteiger partial charge in [0.05, 0.1) is 15.0 Å². The van der Waals surface area contributed by atoms with Crippen molar-refractivity contribution in [3.63, 3.8) is 0 Å². The number of carbonyl (C=O) groups excluding carboxylic acids is 1. The van der Waals surface area contributed by atoms with Gasteiger partial charge in [-0.2, -0.15) is 0 Å². The second-order valence-corrected chi connectivity index (χ2v) is 5.63. The standard InChI is InChI=1S/C11H5BrF3NOS/c12-9-1-5(4-18-9)11(17)16-8-3-6(13)2-7(14)10(8)15/h1-4H,(H,16,17). The van der Waals surface area contributed by atoms with Crippen molar-refractivity contribution in [1.29, 1.82) is 0 Å². The van der Waals surface area contributed by atoms with Crippen LogP contribution in [-0.4, -0.2) is 5.91 Å². The fourth-order valence-corrected chi connectivity index (χ4v) is 2.41. The van der Waals surface area contributed by atoms with Gasteiger partial charge in [0, 0.05) is 17.5 Å². The molecule has 0 fully saturated rings. The zero-order valence-corrected chi connectivity index (χ0v) is 11.0. The van der Waals surface area contributed by atoms with Crippen LogP contribution in [-0.2, 0) is 0 Å². The van der Waals surface area contributed by atoms with E-state index in [1.54, 1.807) is 0 Å². The summed E-state index contributed by atoms with van der Waals surface area (Å²) in [5, 5.41) is 3.65. The highest BCUT2D eigenvalue weighted by Gasteiger charge is 2.15. The second-order valence-electron chi connectivity index (χ2n) is 3.34.